The highest BCUT2D eigenvalue weighted by atomic mass is 31.2. The summed E-state index contributed by atoms with van der Waals surface area (Å²) < 4.78 is 62.0. The molecule has 0 aromatic heterocycles. The lowest BCUT2D eigenvalue weighted by atomic mass is 10.1. The number of Topliss-reactive ketones (excluding diaryl/α,β-unsaturated/α-hetero) is 1. The molecule has 0 aliphatic carbocycles. The van der Waals surface area contributed by atoms with E-state index in [1.807, 2.05) is 0 Å². The first-order valence-corrected chi connectivity index (χ1v) is 8.19. The van der Waals surface area contributed by atoms with Gasteiger partial charge in [0.15, 0.2) is 5.78 Å². The SMILES string of the molecule is CCOP(=O)(CC(=O)c1ccc(OC(F)(F)F)cc1)OCC. The van der Waals surface area contributed by atoms with E-state index in [0.717, 1.165) is 24.3 Å². The van der Waals surface area contributed by atoms with Gasteiger partial charge in [0, 0.05) is 5.56 Å². The number of hydrogen-bond donors (Lipinski definition) is 0. The molecule has 0 spiro atoms. The number of hydrogen-bond acceptors (Lipinski definition) is 5. The zero-order chi connectivity index (χ0) is 16.8. The normalized spacial score (nSPS) is 12.2. The Bertz CT molecular complexity index is 532. The fourth-order valence-corrected chi connectivity index (χ4v) is 3.21. The summed E-state index contributed by atoms with van der Waals surface area (Å²) in [5, 5.41) is 0. The van der Waals surface area contributed by atoms with Crippen molar-refractivity contribution in [3.05, 3.63) is 29.8 Å². The molecule has 5 nitrogen and oxygen atoms in total. The minimum absolute atomic E-state index is 0.0918. The summed E-state index contributed by atoms with van der Waals surface area (Å²) in [5.41, 5.74) is 0.0918. The second kappa shape index (κ2) is 7.76. The number of carbonyl (C=O) groups excluding carboxylic acids is 1. The van der Waals surface area contributed by atoms with Gasteiger partial charge in [0.1, 0.15) is 11.9 Å². The zero-order valence-electron chi connectivity index (χ0n) is 12.1. The predicted octanol–water partition coefficient (Wildman–Crippen LogP) is 4.03. The van der Waals surface area contributed by atoms with Crippen LogP contribution in [0, 0.1) is 0 Å². The van der Waals surface area contributed by atoms with Crippen LogP contribution in [0.5, 0.6) is 5.75 Å². The van der Waals surface area contributed by atoms with Crippen molar-refractivity contribution >= 4 is 13.4 Å². The molecule has 0 N–H and O–H groups in total. The number of benzene rings is 1. The minimum Gasteiger partial charge on any atom is -0.406 e. The number of ketones is 1. The predicted molar refractivity (Wildman–Crippen MR) is 73.2 cm³/mol. The van der Waals surface area contributed by atoms with Crippen molar-refractivity contribution in [2.45, 2.75) is 20.2 Å². The third-order valence-corrected chi connectivity index (χ3v) is 4.38. The van der Waals surface area contributed by atoms with Crippen molar-refractivity contribution in [2.75, 3.05) is 19.4 Å². The van der Waals surface area contributed by atoms with Gasteiger partial charge in [0.2, 0.25) is 0 Å². The molecular formula is C13H16F3O5P. The van der Waals surface area contributed by atoms with Crippen LogP contribution in [0.1, 0.15) is 24.2 Å². The Labute approximate surface area is 125 Å². The number of carbonyl (C=O) groups is 1. The van der Waals surface area contributed by atoms with E-state index in [1.165, 1.54) is 0 Å². The topological polar surface area (TPSA) is 61.8 Å². The van der Waals surface area contributed by atoms with E-state index in [1.54, 1.807) is 13.8 Å². The summed E-state index contributed by atoms with van der Waals surface area (Å²) in [7, 11) is -3.55. The first-order valence-electron chi connectivity index (χ1n) is 6.46. The molecule has 0 fully saturated rings. The van der Waals surface area contributed by atoms with Gasteiger partial charge in [-0.25, -0.2) is 0 Å². The second-order valence-electron chi connectivity index (χ2n) is 4.10. The molecule has 124 valence electrons. The monoisotopic (exact) mass is 340 g/mol. The van der Waals surface area contributed by atoms with Crippen molar-refractivity contribution in [1.29, 1.82) is 0 Å². The van der Waals surface area contributed by atoms with Gasteiger partial charge in [-0.05, 0) is 38.1 Å². The smallest absolute Gasteiger partial charge is 0.406 e. The highest BCUT2D eigenvalue weighted by molar-refractivity contribution is 7.54. The van der Waals surface area contributed by atoms with Crippen LogP contribution in [0.4, 0.5) is 13.2 Å². The molecule has 9 heteroatoms. The van der Waals surface area contributed by atoms with Crippen LogP contribution >= 0.6 is 7.60 Å². The molecule has 22 heavy (non-hydrogen) atoms. The zero-order valence-corrected chi connectivity index (χ0v) is 12.9. The third kappa shape index (κ3) is 6.17. The molecule has 1 rings (SSSR count). The van der Waals surface area contributed by atoms with E-state index in [0.29, 0.717) is 0 Å². The minimum atomic E-state index is -4.80. The first kappa shape index (κ1) is 18.7. The van der Waals surface area contributed by atoms with Gasteiger partial charge in [-0.1, -0.05) is 0 Å². The molecule has 0 radical (unpaired) electrons. The standard InChI is InChI=1S/C13H16F3O5P/c1-3-19-22(18,20-4-2)9-12(17)10-5-7-11(8-6-10)21-13(14,15)16/h5-8H,3-4,9H2,1-2H3. The highest BCUT2D eigenvalue weighted by Gasteiger charge is 2.31. The molecule has 0 atom stereocenters. The van der Waals surface area contributed by atoms with Crippen LogP contribution in [0.25, 0.3) is 0 Å². The molecular weight excluding hydrogens is 324 g/mol. The van der Waals surface area contributed by atoms with Gasteiger partial charge in [-0.2, -0.15) is 0 Å². The molecule has 0 saturated heterocycles. The molecule has 1 aromatic carbocycles. The summed E-state index contributed by atoms with van der Waals surface area (Å²) in [6.07, 6.45) is -5.28. The summed E-state index contributed by atoms with van der Waals surface area (Å²) >= 11 is 0. The summed E-state index contributed by atoms with van der Waals surface area (Å²) in [6.45, 7) is 3.45. The molecule has 0 unspecified atom stereocenters. The maximum Gasteiger partial charge on any atom is 0.573 e. The van der Waals surface area contributed by atoms with Gasteiger partial charge >= 0.3 is 14.0 Å². The van der Waals surface area contributed by atoms with Crippen molar-refractivity contribution in [3.63, 3.8) is 0 Å². The van der Waals surface area contributed by atoms with Crippen LogP contribution in [0.15, 0.2) is 24.3 Å². The lowest BCUT2D eigenvalue weighted by molar-refractivity contribution is -0.274. The molecule has 1 aromatic rings. The van der Waals surface area contributed by atoms with E-state index in [4.69, 9.17) is 9.05 Å². The Morgan fingerprint density at radius 2 is 1.59 bits per heavy atom. The number of ether oxygens (including phenoxy) is 1. The van der Waals surface area contributed by atoms with Crippen molar-refractivity contribution < 1.29 is 36.3 Å². The van der Waals surface area contributed by atoms with Crippen LogP contribution < -0.4 is 4.74 Å². The Balaban J connectivity index is 2.79. The lowest BCUT2D eigenvalue weighted by Crippen LogP contribution is -2.17. The largest absolute Gasteiger partial charge is 0.573 e. The van der Waals surface area contributed by atoms with Crippen LogP contribution in [-0.4, -0.2) is 31.5 Å². The van der Waals surface area contributed by atoms with Crippen LogP contribution in [0.2, 0.25) is 0 Å². The quantitative estimate of drug-likeness (QED) is 0.528. The molecule has 0 saturated carbocycles. The fourth-order valence-electron chi connectivity index (χ4n) is 1.63. The first-order chi connectivity index (χ1) is 10.2. The fraction of sp³-hybridized carbons (Fsp3) is 0.462. The summed E-state index contributed by atoms with van der Waals surface area (Å²) in [5.74, 6) is -0.995. The molecule has 0 heterocycles. The Morgan fingerprint density at radius 1 is 1.09 bits per heavy atom. The van der Waals surface area contributed by atoms with Crippen LogP contribution in [-0.2, 0) is 13.6 Å². The third-order valence-electron chi connectivity index (χ3n) is 2.40. The van der Waals surface area contributed by atoms with Gasteiger partial charge in [-0.15, -0.1) is 13.2 Å². The lowest BCUT2D eigenvalue weighted by Gasteiger charge is -2.16. The molecule has 0 amide bonds. The van der Waals surface area contributed by atoms with Crippen molar-refractivity contribution in [1.82, 2.24) is 0 Å². The molecule has 0 aliphatic rings. The molecule has 0 aliphatic heterocycles. The maximum atomic E-state index is 12.2. The average molecular weight is 340 g/mol. The second-order valence-corrected chi connectivity index (χ2v) is 6.15. The number of alkyl halides is 3. The van der Waals surface area contributed by atoms with Crippen molar-refractivity contribution in [2.24, 2.45) is 0 Å². The van der Waals surface area contributed by atoms with E-state index >= 15 is 0 Å². The number of rotatable bonds is 8. The maximum absolute atomic E-state index is 12.2. The molecule has 0 bridgehead atoms. The van der Waals surface area contributed by atoms with E-state index in [2.05, 4.69) is 4.74 Å². The van der Waals surface area contributed by atoms with Crippen LogP contribution in [0.3, 0.4) is 0 Å². The average Bonchev–Trinajstić information content (AvgIpc) is 2.37. The van der Waals surface area contributed by atoms with Gasteiger partial charge in [-0.3, -0.25) is 9.36 Å². The van der Waals surface area contributed by atoms with Gasteiger partial charge < -0.3 is 13.8 Å². The van der Waals surface area contributed by atoms with E-state index < -0.39 is 31.7 Å². The highest BCUT2D eigenvalue weighted by Crippen LogP contribution is 2.48. The van der Waals surface area contributed by atoms with Crippen molar-refractivity contribution in [3.8, 4) is 5.75 Å². The summed E-state index contributed by atoms with van der Waals surface area (Å²) in [6, 6.07) is 4.33. The van der Waals surface area contributed by atoms with E-state index in [-0.39, 0.29) is 18.8 Å². The van der Waals surface area contributed by atoms with Gasteiger partial charge in [0.25, 0.3) is 0 Å². The van der Waals surface area contributed by atoms with E-state index in [9.17, 15) is 22.5 Å². The Kier molecular flexibility index (Phi) is 6.59. The van der Waals surface area contributed by atoms with Gasteiger partial charge in [0.05, 0.1) is 13.2 Å². The Hall–Kier alpha value is -1.37. The summed E-state index contributed by atoms with van der Waals surface area (Å²) in [4.78, 5) is 12.0. The number of halogens is 3. The Morgan fingerprint density at radius 3 is 2.00 bits per heavy atom.